The Kier molecular flexibility index (Phi) is 3.23. The van der Waals surface area contributed by atoms with Crippen LogP contribution in [0.2, 0.25) is 0 Å². The van der Waals surface area contributed by atoms with Crippen LogP contribution < -0.4 is 0 Å². The van der Waals surface area contributed by atoms with E-state index in [1.54, 1.807) is 12.1 Å². The second-order valence-electron chi connectivity index (χ2n) is 3.68. The van der Waals surface area contributed by atoms with Gasteiger partial charge in [0.05, 0.1) is 5.88 Å². The average Bonchev–Trinajstić information content (AvgIpc) is 2.77. The molecular formula is C11H11NO4S. The van der Waals surface area contributed by atoms with E-state index in [9.17, 15) is 14.7 Å². The molecule has 1 aromatic rings. The van der Waals surface area contributed by atoms with Crippen LogP contribution in [-0.4, -0.2) is 44.7 Å². The molecular weight excluding hydrogens is 242 g/mol. The smallest absolute Gasteiger partial charge is 0.327 e. The third-order valence-corrected chi connectivity index (χ3v) is 3.53. The van der Waals surface area contributed by atoms with Crippen molar-refractivity contribution in [3.63, 3.8) is 0 Å². The van der Waals surface area contributed by atoms with E-state index in [0.717, 1.165) is 0 Å². The molecule has 0 aromatic heterocycles. The third-order valence-electron chi connectivity index (χ3n) is 2.52. The van der Waals surface area contributed by atoms with Crippen LogP contribution in [0.25, 0.3) is 0 Å². The van der Waals surface area contributed by atoms with E-state index >= 15 is 0 Å². The van der Waals surface area contributed by atoms with Crippen LogP contribution in [0.3, 0.4) is 0 Å². The number of carbonyl (C=O) groups excluding carboxylic acids is 1. The number of nitrogens with zero attached hydrogens (tertiary/aromatic N) is 1. The number of amides is 1. The Labute approximate surface area is 102 Å². The normalized spacial score (nSPS) is 19.3. The van der Waals surface area contributed by atoms with Crippen molar-refractivity contribution in [3.8, 4) is 5.75 Å². The first kappa shape index (κ1) is 11.8. The molecule has 1 amide bonds. The highest BCUT2D eigenvalue weighted by atomic mass is 32.2. The van der Waals surface area contributed by atoms with Crippen molar-refractivity contribution >= 4 is 23.6 Å². The Bertz CT molecular complexity index is 463. The number of aromatic hydroxyl groups is 1. The number of hydrogen-bond acceptors (Lipinski definition) is 4. The lowest BCUT2D eigenvalue weighted by molar-refractivity contribution is -0.140. The SMILES string of the molecule is O=C(O)[C@@H]1CSCN1C(=O)c1cccc(O)c1. The lowest BCUT2D eigenvalue weighted by atomic mass is 10.1. The topological polar surface area (TPSA) is 77.8 Å². The van der Waals surface area contributed by atoms with Crippen LogP contribution in [0.1, 0.15) is 10.4 Å². The van der Waals surface area contributed by atoms with Gasteiger partial charge in [-0.2, -0.15) is 0 Å². The molecule has 0 saturated carbocycles. The number of benzene rings is 1. The first-order chi connectivity index (χ1) is 8.09. The molecule has 17 heavy (non-hydrogen) atoms. The summed E-state index contributed by atoms with van der Waals surface area (Å²) < 4.78 is 0. The van der Waals surface area contributed by atoms with Crippen LogP contribution in [0, 0.1) is 0 Å². The molecule has 90 valence electrons. The van der Waals surface area contributed by atoms with Gasteiger partial charge < -0.3 is 15.1 Å². The Balaban J connectivity index is 2.23. The van der Waals surface area contributed by atoms with Gasteiger partial charge in [0.15, 0.2) is 0 Å². The summed E-state index contributed by atoms with van der Waals surface area (Å²) in [7, 11) is 0. The van der Waals surface area contributed by atoms with Gasteiger partial charge in [-0.15, -0.1) is 11.8 Å². The highest BCUT2D eigenvalue weighted by Crippen LogP contribution is 2.24. The molecule has 0 radical (unpaired) electrons. The van der Waals surface area contributed by atoms with Crippen molar-refractivity contribution in [1.82, 2.24) is 4.90 Å². The van der Waals surface area contributed by atoms with Gasteiger partial charge in [-0.05, 0) is 18.2 Å². The number of rotatable bonds is 2. The molecule has 0 bridgehead atoms. The van der Waals surface area contributed by atoms with Crippen LogP contribution >= 0.6 is 11.8 Å². The van der Waals surface area contributed by atoms with E-state index in [2.05, 4.69) is 0 Å². The molecule has 1 atom stereocenters. The second kappa shape index (κ2) is 4.67. The van der Waals surface area contributed by atoms with Gasteiger partial charge in [0.2, 0.25) is 0 Å². The van der Waals surface area contributed by atoms with Crippen molar-refractivity contribution in [2.75, 3.05) is 11.6 Å². The highest BCUT2D eigenvalue weighted by Gasteiger charge is 2.34. The van der Waals surface area contributed by atoms with E-state index in [1.807, 2.05) is 0 Å². The molecule has 1 aromatic carbocycles. The summed E-state index contributed by atoms with van der Waals surface area (Å²) in [5, 5.41) is 18.3. The number of thioether (sulfide) groups is 1. The van der Waals surface area contributed by atoms with Crippen LogP contribution in [0.5, 0.6) is 5.75 Å². The van der Waals surface area contributed by atoms with E-state index in [4.69, 9.17) is 5.11 Å². The number of carboxylic acids is 1. The van der Waals surface area contributed by atoms with Crippen LogP contribution in [0.4, 0.5) is 0 Å². The maximum Gasteiger partial charge on any atom is 0.327 e. The molecule has 2 N–H and O–H groups in total. The van der Waals surface area contributed by atoms with E-state index < -0.39 is 12.0 Å². The molecule has 1 saturated heterocycles. The summed E-state index contributed by atoms with van der Waals surface area (Å²) in [5.74, 6) is -0.595. The fraction of sp³-hybridized carbons (Fsp3) is 0.273. The van der Waals surface area contributed by atoms with Gasteiger partial charge in [0, 0.05) is 11.3 Å². The van der Waals surface area contributed by atoms with Gasteiger partial charge in [0.1, 0.15) is 11.8 Å². The van der Waals surface area contributed by atoms with Gasteiger partial charge in [-0.3, -0.25) is 4.79 Å². The zero-order chi connectivity index (χ0) is 12.4. The van der Waals surface area contributed by atoms with Crippen LogP contribution in [-0.2, 0) is 4.79 Å². The van der Waals surface area contributed by atoms with Gasteiger partial charge in [-0.1, -0.05) is 6.07 Å². The number of carboxylic acid groups (broad SMARTS) is 1. The largest absolute Gasteiger partial charge is 0.508 e. The van der Waals surface area contributed by atoms with Crippen molar-refractivity contribution in [3.05, 3.63) is 29.8 Å². The minimum Gasteiger partial charge on any atom is -0.508 e. The number of hydrogen-bond donors (Lipinski definition) is 2. The average molecular weight is 253 g/mol. The Hall–Kier alpha value is -1.69. The first-order valence-electron chi connectivity index (χ1n) is 5.00. The van der Waals surface area contributed by atoms with E-state index in [1.165, 1.54) is 28.8 Å². The fourth-order valence-electron chi connectivity index (χ4n) is 1.65. The van der Waals surface area contributed by atoms with E-state index in [0.29, 0.717) is 17.2 Å². The van der Waals surface area contributed by atoms with Crippen molar-refractivity contribution in [2.45, 2.75) is 6.04 Å². The second-order valence-corrected chi connectivity index (χ2v) is 4.68. The lowest BCUT2D eigenvalue weighted by Gasteiger charge is -2.20. The minimum absolute atomic E-state index is 0.00502. The third kappa shape index (κ3) is 2.36. The summed E-state index contributed by atoms with van der Waals surface area (Å²) in [6, 6.07) is 5.13. The summed E-state index contributed by atoms with van der Waals surface area (Å²) in [5.41, 5.74) is 0.304. The van der Waals surface area contributed by atoms with Crippen molar-refractivity contribution in [2.24, 2.45) is 0 Å². The zero-order valence-electron chi connectivity index (χ0n) is 8.87. The van der Waals surface area contributed by atoms with Crippen molar-refractivity contribution in [1.29, 1.82) is 0 Å². The maximum atomic E-state index is 12.1. The Morgan fingerprint density at radius 1 is 1.41 bits per heavy atom. The van der Waals surface area contributed by atoms with Crippen LogP contribution in [0.15, 0.2) is 24.3 Å². The molecule has 5 nitrogen and oxygen atoms in total. The molecule has 0 unspecified atom stereocenters. The molecule has 1 fully saturated rings. The summed E-state index contributed by atoms with van der Waals surface area (Å²) in [6.07, 6.45) is 0. The molecule has 1 aliphatic heterocycles. The Morgan fingerprint density at radius 3 is 2.82 bits per heavy atom. The minimum atomic E-state index is -0.997. The molecule has 0 aliphatic carbocycles. The fourth-order valence-corrected chi connectivity index (χ4v) is 2.80. The van der Waals surface area contributed by atoms with E-state index in [-0.39, 0.29) is 11.7 Å². The summed E-state index contributed by atoms with van der Waals surface area (Å²) in [6.45, 7) is 0. The maximum absolute atomic E-state index is 12.1. The summed E-state index contributed by atoms with van der Waals surface area (Å²) >= 11 is 1.41. The zero-order valence-corrected chi connectivity index (χ0v) is 9.68. The standard InChI is InChI=1S/C11H11NO4S/c13-8-3-1-2-7(4-8)10(14)12-6-17-5-9(12)11(15)16/h1-4,9,13H,5-6H2,(H,15,16)/t9-/m0/s1. The molecule has 1 aliphatic rings. The number of aliphatic carboxylic acids is 1. The highest BCUT2D eigenvalue weighted by molar-refractivity contribution is 7.99. The molecule has 6 heteroatoms. The van der Waals surface area contributed by atoms with Gasteiger partial charge in [-0.25, -0.2) is 4.79 Å². The number of carbonyl (C=O) groups is 2. The first-order valence-corrected chi connectivity index (χ1v) is 6.15. The molecule has 2 rings (SSSR count). The van der Waals surface area contributed by atoms with Gasteiger partial charge >= 0.3 is 5.97 Å². The quantitative estimate of drug-likeness (QED) is 0.822. The predicted octanol–water partition coefficient (Wildman–Crippen LogP) is 0.992. The Morgan fingerprint density at radius 2 is 2.18 bits per heavy atom. The number of phenolic OH excluding ortho intramolecular Hbond substituents is 1. The lowest BCUT2D eigenvalue weighted by Crippen LogP contribution is -2.41. The summed E-state index contributed by atoms with van der Waals surface area (Å²) in [4.78, 5) is 24.3. The molecule has 1 heterocycles. The number of phenols is 1. The molecule has 0 spiro atoms. The van der Waals surface area contributed by atoms with Gasteiger partial charge in [0.25, 0.3) is 5.91 Å². The van der Waals surface area contributed by atoms with Crippen molar-refractivity contribution < 1.29 is 19.8 Å². The monoisotopic (exact) mass is 253 g/mol. The predicted molar refractivity (Wildman–Crippen MR) is 63.0 cm³/mol.